The lowest BCUT2D eigenvalue weighted by atomic mass is 9.74. The number of nitrogens with zero attached hydrogens (tertiary/aromatic N) is 3. The van der Waals surface area contributed by atoms with Crippen LogP contribution in [0.4, 0.5) is 10.5 Å². The lowest BCUT2D eigenvalue weighted by Crippen LogP contribution is -2.51. The number of rotatable bonds is 5. The van der Waals surface area contributed by atoms with Crippen LogP contribution in [0, 0.1) is 11.8 Å². The molecule has 1 spiro atoms. The summed E-state index contributed by atoms with van der Waals surface area (Å²) in [5, 5.41) is 0. The monoisotopic (exact) mass is 465 g/mol. The molecule has 2 fully saturated rings. The minimum absolute atomic E-state index is 0.0646. The van der Waals surface area contributed by atoms with Crippen molar-refractivity contribution < 1.29 is 14.3 Å². The summed E-state index contributed by atoms with van der Waals surface area (Å²) in [5.74, 6) is 5.74. The van der Waals surface area contributed by atoms with Gasteiger partial charge in [0.25, 0.3) is 0 Å². The maximum Gasteiger partial charge on any atom is 0.411 e. The molecule has 3 unspecified atom stereocenters. The largest absolute Gasteiger partial charge is 0.436 e. The fourth-order valence-electron chi connectivity index (χ4n) is 6.42. The molecule has 0 N–H and O–H groups in total. The van der Waals surface area contributed by atoms with Crippen LogP contribution in [0.3, 0.4) is 0 Å². The van der Waals surface area contributed by atoms with E-state index in [1.807, 2.05) is 15.9 Å². The molecule has 4 rings (SSSR count). The average molecular weight is 466 g/mol. The number of carbonyl (C=O) groups is 2. The normalized spacial score (nSPS) is 24.5. The Morgan fingerprint density at radius 1 is 1.21 bits per heavy atom. The van der Waals surface area contributed by atoms with E-state index in [0.717, 1.165) is 63.8 Å². The van der Waals surface area contributed by atoms with Crippen molar-refractivity contribution in [1.82, 2.24) is 9.80 Å². The Balaban J connectivity index is 1.41. The van der Waals surface area contributed by atoms with Crippen LogP contribution < -0.4 is 4.90 Å². The third-order valence-corrected chi connectivity index (χ3v) is 8.34. The zero-order chi connectivity index (χ0) is 24.3. The van der Waals surface area contributed by atoms with Crippen LogP contribution in [0.25, 0.3) is 0 Å². The lowest BCUT2D eigenvalue weighted by Gasteiger charge is -2.44. The summed E-state index contributed by atoms with van der Waals surface area (Å²) in [6.45, 7) is 10.8. The number of amides is 2. The van der Waals surface area contributed by atoms with Gasteiger partial charge in [0.2, 0.25) is 5.91 Å². The van der Waals surface area contributed by atoms with E-state index < -0.39 is 0 Å². The highest BCUT2D eigenvalue weighted by Crippen LogP contribution is 2.47. The summed E-state index contributed by atoms with van der Waals surface area (Å²) >= 11 is 0. The van der Waals surface area contributed by atoms with E-state index in [1.165, 1.54) is 5.56 Å². The van der Waals surface area contributed by atoms with Gasteiger partial charge in [0.05, 0.1) is 0 Å². The Bertz CT molecular complexity index is 957. The van der Waals surface area contributed by atoms with E-state index >= 15 is 0 Å². The van der Waals surface area contributed by atoms with E-state index in [2.05, 4.69) is 48.8 Å². The molecule has 2 saturated heterocycles. The molecule has 2 amide bonds. The van der Waals surface area contributed by atoms with Gasteiger partial charge in [-0.15, -0.1) is 5.92 Å². The number of ether oxygens (including phenoxy) is 1. The number of fused-ring (bicyclic) bond motifs is 2. The molecule has 3 heterocycles. The molecule has 0 aromatic heterocycles. The predicted molar refractivity (Wildman–Crippen MR) is 135 cm³/mol. The molecule has 184 valence electrons. The molecule has 3 atom stereocenters. The zero-order valence-corrected chi connectivity index (χ0v) is 21.2. The quantitative estimate of drug-likeness (QED) is 0.598. The molecular formula is C28H39N3O3. The number of piperidine rings is 1. The van der Waals surface area contributed by atoms with Crippen molar-refractivity contribution in [2.24, 2.45) is 0 Å². The topological polar surface area (TPSA) is 53.1 Å². The van der Waals surface area contributed by atoms with Gasteiger partial charge >= 0.3 is 6.09 Å². The fourth-order valence-corrected chi connectivity index (χ4v) is 6.42. The number of anilines is 1. The smallest absolute Gasteiger partial charge is 0.411 e. The first-order valence-electron chi connectivity index (χ1n) is 12.9. The maximum absolute atomic E-state index is 12.7. The molecule has 0 saturated carbocycles. The Morgan fingerprint density at radius 3 is 2.62 bits per heavy atom. The highest BCUT2D eigenvalue weighted by Gasteiger charge is 2.46. The second kappa shape index (κ2) is 10.4. The molecule has 6 heteroatoms. The minimum atomic E-state index is -0.225. The number of carbonyl (C=O) groups excluding carboxylic acids is 2. The van der Waals surface area contributed by atoms with Gasteiger partial charge < -0.3 is 19.4 Å². The molecule has 1 aromatic rings. The standard InChI is InChI=1S/C28H39N3O3/c1-5-7-18-34-27(33)31-21(3)12-13-24(31)19-23(6-2)29-16-14-28(15-17-29)20-30(22(4)32)26-11-9-8-10-25(26)28/h8-11,21,23-24H,6,12-20H2,1-4H3. The van der Waals surface area contributed by atoms with Crippen molar-refractivity contribution in [3.63, 3.8) is 0 Å². The number of hydrogen-bond donors (Lipinski definition) is 0. The molecule has 1 aromatic carbocycles. The third kappa shape index (κ3) is 4.68. The Morgan fingerprint density at radius 2 is 1.94 bits per heavy atom. The van der Waals surface area contributed by atoms with Crippen LogP contribution in [0.5, 0.6) is 0 Å². The van der Waals surface area contributed by atoms with Crippen molar-refractivity contribution in [3.8, 4) is 11.8 Å². The van der Waals surface area contributed by atoms with Gasteiger partial charge in [-0.1, -0.05) is 31.0 Å². The van der Waals surface area contributed by atoms with Crippen LogP contribution >= 0.6 is 0 Å². The van der Waals surface area contributed by atoms with Gasteiger partial charge in [-0.2, -0.15) is 0 Å². The van der Waals surface area contributed by atoms with Gasteiger partial charge in [0.1, 0.15) is 0 Å². The van der Waals surface area contributed by atoms with Crippen molar-refractivity contribution >= 4 is 17.7 Å². The van der Waals surface area contributed by atoms with Gasteiger partial charge in [0.15, 0.2) is 6.61 Å². The first-order valence-corrected chi connectivity index (χ1v) is 12.9. The molecule has 34 heavy (non-hydrogen) atoms. The van der Waals surface area contributed by atoms with Gasteiger partial charge in [-0.25, -0.2) is 4.79 Å². The first kappa shape index (κ1) is 24.6. The molecule has 0 radical (unpaired) electrons. The van der Waals surface area contributed by atoms with Gasteiger partial charge in [-0.3, -0.25) is 4.79 Å². The summed E-state index contributed by atoms with van der Waals surface area (Å²) in [7, 11) is 0. The first-order chi connectivity index (χ1) is 16.4. The van der Waals surface area contributed by atoms with Gasteiger partial charge in [0, 0.05) is 42.7 Å². The molecular weight excluding hydrogens is 426 g/mol. The van der Waals surface area contributed by atoms with E-state index in [-0.39, 0.29) is 36.1 Å². The molecule has 0 bridgehead atoms. The molecule has 6 nitrogen and oxygen atoms in total. The van der Waals surface area contributed by atoms with Crippen LogP contribution in [0.2, 0.25) is 0 Å². The highest BCUT2D eigenvalue weighted by atomic mass is 16.6. The average Bonchev–Trinajstić information content (AvgIpc) is 3.36. The highest BCUT2D eigenvalue weighted by molar-refractivity contribution is 5.94. The Hall–Kier alpha value is -2.52. The SMILES string of the molecule is CC#CCOC(=O)N1C(C)CCC1CC(CC)N1CCC2(CC1)CN(C(C)=O)c1ccccc12. The zero-order valence-electron chi connectivity index (χ0n) is 21.2. The Kier molecular flexibility index (Phi) is 7.52. The van der Waals surface area contributed by atoms with Crippen molar-refractivity contribution in [3.05, 3.63) is 29.8 Å². The van der Waals surface area contributed by atoms with Gasteiger partial charge in [-0.05, 0) is 77.1 Å². The number of benzene rings is 1. The molecule has 0 aliphatic carbocycles. The summed E-state index contributed by atoms with van der Waals surface area (Å²) in [4.78, 5) is 31.6. The lowest BCUT2D eigenvalue weighted by molar-refractivity contribution is -0.116. The maximum atomic E-state index is 12.7. The van der Waals surface area contributed by atoms with Crippen LogP contribution in [-0.2, 0) is 14.9 Å². The number of para-hydroxylation sites is 1. The molecule has 3 aliphatic rings. The third-order valence-electron chi connectivity index (χ3n) is 8.34. The van der Waals surface area contributed by atoms with Crippen LogP contribution in [-0.4, -0.2) is 66.2 Å². The second-order valence-electron chi connectivity index (χ2n) is 10.2. The van der Waals surface area contributed by atoms with Crippen molar-refractivity contribution in [2.75, 3.05) is 31.1 Å². The minimum Gasteiger partial charge on any atom is -0.436 e. The van der Waals surface area contributed by atoms with E-state index in [9.17, 15) is 9.59 Å². The second-order valence-corrected chi connectivity index (χ2v) is 10.2. The number of hydrogen-bond acceptors (Lipinski definition) is 4. The summed E-state index contributed by atoms with van der Waals surface area (Å²) in [6, 6.07) is 9.32. The molecule has 3 aliphatic heterocycles. The van der Waals surface area contributed by atoms with E-state index in [4.69, 9.17) is 4.74 Å². The number of likely N-dealkylation sites (tertiary alicyclic amines) is 2. The van der Waals surface area contributed by atoms with E-state index in [1.54, 1.807) is 13.8 Å². The van der Waals surface area contributed by atoms with Crippen LogP contribution in [0.15, 0.2) is 24.3 Å². The summed E-state index contributed by atoms with van der Waals surface area (Å²) < 4.78 is 5.42. The van der Waals surface area contributed by atoms with Crippen molar-refractivity contribution in [2.45, 2.75) is 89.8 Å². The summed E-state index contributed by atoms with van der Waals surface area (Å²) in [6.07, 6.45) is 6.01. The fraction of sp³-hybridized carbons (Fsp3) is 0.643. The van der Waals surface area contributed by atoms with Crippen molar-refractivity contribution in [1.29, 1.82) is 0 Å². The summed E-state index contributed by atoms with van der Waals surface area (Å²) in [5.41, 5.74) is 2.50. The predicted octanol–water partition coefficient (Wildman–Crippen LogP) is 4.57. The Labute approximate surface area is 204 Å². The van der Waals surface area contributed by atoms with Crippen LogP contribution in [0.1, 0.15) is 71.8 Å². The van der Waals surface area contributed by atoms with E-state index in [0.29, 0.717) is 6.04 Å².